The molecule has 0 aliphatic rings. The molecule has 3 aromatic carbocycles. The smallest absolute Gasteiger partial charge is 0.262 e. The number of carbonyl (C=O) groups is 1. The molecule has 0 aliphatic carbocycles. The van der Waals surface area contributed by atoms with Crippen LogP contribution in [0.25, 0.3) is 0 Å². The second-order valence-corrected chi connectivity index (χ2v) is 7.35. The van der Waals surface area contributed by atoms with E-state index < -0.39 is 15.8 Å². The number of methoxy groups -OCH3 is 1. The van der Waals surface area contributed by atoms with E-state index >= 15 is 0 Å². The topological polar surface area (TPSA) is 72.5 Å². The van der Waals surface area contributed by atoms with Crippen molar-refractivity contribution >= 4 is 21.5 Å². The van der Waals surface area contributed by atoms with E-state index in [1.165, 1.54) is 19.2 Å². The van der Waals surface area contributed by atoms with Gasteiger partial charge in [-0.1, -0.05) is 30.3 Å². The zero-order chi connectivity index (χ0) is 19.4. The van der Waals surface area contributed by atoms with Crippen LogP contribution < -0.4 is 9.46 Å². The first-order valence-electron chi connectivity index (χ1n) is 7.97. The summed E-state index contributed by atoms with van der Waals surface area (Å²) in [5.74, 6) is -0.534. The second kappa shape index (κ2) is 7.59. The number of hydrogen-bond acceptors (Lipinski definition) is 4. The summed E-state index contributed by atoms with van der Waals surface area (Å²) in [6.07, 6.45) is 0. The average molecular weight is 385 g/mol. The summed E-state index contributed by atoms with van der Waals surface area (Å²) in [4.78, 5) is 12.5. The lowest BCUT2D eigenvalue weighted by Crippen LogP contribution is -2.14. The van der Waals surface area contributed by atoms with E-state index in [9.17, 15) is 17.6 Å². The van der Waals surface area contributed by atoms with Crippen molar-refractivity contribution < 1.29 is 22.3 Å². The standard InChI is InChI=1S/C20H16FNO4S/c1-26-19-12-7-15(20(23)14-5-3-2-4-6-14)13-18(19)22-27(24,25)17-10-8-16(21)9-11-17/h2-13,22H,1H3. The van der Waals surface area contributed by atoms with Crippen molar-refractivity contribution in [3.05, 3.63) is 89.7 Å². The van der Waals surface area contributed by atoms with E-state index in [-0.39, 0.29) is 22.1 Å². The van der Waals surface area contributed by atoms with Crippen LogP contribution in [0.1, 0.15) is 15.9 Å². The third kappa shape index (κ3) is 4.15. The fraction of sp³-hybridized carbons (Fsp3) is 0.0500. The highest BCUT2D eigenvalue weighted by atomic mass is 32.2. The van der Waals surface area contributed by atoms with E-state index in [4.69, 9.17) is 4.74 Å². The molecule has 0 bridgehead atoms. The van der Waals surface area contributed by atoms with Crippen LogP contribution >= 0.6 is 0 Å². The molecule has 0 amide bonds. The molecule has 0 radical (unpaired) electrons. The average Bonchev–Trinajstić information content (AvgIpc) is 2.68. The van der Waals surface area contributed by atoms with Crippen molar-refractivity contribution in [1.82, 2.24) is 0 Å². The number of ketones is 1. The number of sulfonamides is 1. The Hall–Kier alpha value is -3.19. The van der Waals surface area contributed by atoms with E-state index in [0.717, 1.165) is 24.3 Å². The Morgan fingerprint density at radius 2 is 1.59 bits per heavy atom. The highest BCUT2D eigenvalue weighted by molar-refractivity contribution is 7.92. The van der Waals surface area contributed by atoms with Crippen LogP contribution in [-0.2, 0) is 10.0 Å². The van der Waals surface area contributed by atoms with Gasteiger partial charge < -0.3 is 4.74 Å². The Labute approximate surface area is 156 Å². The van der Waals surface area contributed by atoms with E-state index in [2.05, 4.69) is 4.72 Å². The van der Waals surface area contributed by atoms with Gasteiger partial charge in [0.25, 0.3) is 10.0 Å². The van der Waals surface area contributed by atoms with Gasteiger partial charge in [0.2, 0.25) is 0 Å². The van der Waals surface area contributed by atoms with Crippen molar-refractivity contribution in [2.75, 3.05) is 11.8 Å². The minimum atomic E-state index is -3.98. The lowest BCUT2D eigenvalue weighted by molar-refractivity contribution is 0.103. The van der Waals surface area contributed by atoms with Crippen LogP contribution in [-0.4, -0.2) is 21.3 Å². The third-order valence-electron chi connectivity index (χ3n) is 3.87. The molecule has 1 N–H and O–H groups in total. The van der Waals surface area contributed by atoms with Crippen LogP contribution in [0.5, 0.6) is 5.75 Å². The molecule has 3 rings (SSSR count). The summed E-state index contributed by atoms with van der Waals surface area (Å²) in [5.41, 5.74) is 0.900. The Morgan fingerprint density at radius 1 is 0.926 bits per heavy atom. The van der Waals surface area contributed by atoms with Crippen LogP contribution in [0.2, 0.25) is 0 Å². The summed E-state index contributed by atoms with van der Waals surface area (Å²) in [6.45, 7) is 0. The van der Waals surface area contributed by atoms with Crippen LogP contribution in [0.3, 0.4) is 0 Å². The Morgan fingerprint density at radius 3 is 2.22 bits per heavy atom. The highest BCUT2D eigenvalue weighted by Gasteiger charge is 2.19. The Bertz CT molecular complexity index is 1060. The van der Waals surface area contributed by atoms with Crippen LogP contribution in [0.4, 0.5) is 10.1 Å². The van der Waals surface area contributed by atoms with Gasteiger partial charge in [-0.05, 0) is 42.5 Å². The van der Waals surface area contributed by atoms with Crippen LogP contribution in [0, 0.1) is 5.82 Å². The summed E-state index contributed by atoms with van der Waals surface area (Å²) < 4.78 is 45.7. The van der Waals surface area contributed by atoms with Crippen molar-refractivity contribution in [1.29, 1.82) is 0 Å². The molecule has 27 heavy (non-hydrogen) atoms. The van der Waals surface area contributed by atoms with E-state index in [0.29, 0.717) is 11.1 Å². The van der Waals surface area contributed by atoms with Gasteiger partial charge in [0.1, 0.15) is 11.6 Å². The molecule has 5 nitrogen and oxygen atoms in total. The van der Waals surface area contributed by atoms with Gasteiger partial charge in [0, 0.05) is 11.1 Å². The monoisotopic (exact) mass is 385 g/mol. The molecular weight excluding hydrogens is 369 g/mol. The van der Waals surface area contributed by atoms with Gasteiger partial charge >= 0.3 is 0 Å². The lowest BCUT2D eigenvalue weighted by atomic mass is 10.0. The van der Waals surface area contributed by atoms with Crippen molar-refractivity contribution in [3.8, 4) is 5.75 Å². The molecule has 0 aliphatic heterocycles. The predicted molar refractivity (Wildman–Crippen MR) is 100 cm³/mol. The normalized spacial score (nSPS) is 11.0. The van der Waals surface area contributed by atoms with Crippen LogP contribution in [0.15, 0.2) is 77.7 Å². The van der Waals surface area contributed by atoms with E-state index in [1.807, 2.05) is 0 Å². The quantitative estimate of drug-likeness (QED) is 0.654. The maximum Gasteiger partial charge on any atom is 0.262 e. The Balaban J connectivity index is 1.97. The number of carbonyl (C=O) groups excluding carboxylic acids is 1. The largest absolute Gasteiger partial charge is 0.495 e. The van der Waals surface area contributed by atoms with Gasteiger partial charge in [-0.25, -0.2) is 12.8 Å². The summed E-state index contributed by atoms with van der Waals surface area (Å²) >= 11 is 0. The number of nitrogens with one attached hydrogen (secondary N) is 1. The molecule has 0 aromatic heterocycles. The third-order valence-corrected chi connectivity index (χ3v) is 5.25. The molecular formula is C20H16FNO4S. The predicted octanol–water partition coefficient (Wildman–Crippen LogP) is 3.87. The van der Waals surface area contributed by atoms with Crippen molar-refractivity contribution in [2.45, 2.75) is 4.90 Å². The summed E-state index contributed by atoms with van der Waals surface area (Å²) in [6, 6.07) is 17.5. The molecule has 7 heteroatoms. The number of anilines is 1. The van der Waals surface area contributed by atoms with E-state index in [1.54, 1.807) is 36.4 Å². The van der Waals surface area contributed by atoms with Gasteiger partial charge in [-0.2, -0.15) is 0 Å². The minimum Gasteiger partial charge on any atom is -0.495 e. The fourth-order valence-corrected chi connectivity index (χ4v) is 3.56. The molecule has 0 fully saturated rings. The molecule has 0 atom stereocenters. The van der Waals surface area contributed by atoms with Crippen molar-refractivity contribution in [2.24, 2.45) is 0 Å². The molecule has 0 saturated heterocycles. The first kappa shape index (κ1) is 18.6. The zero-order valence-corrected chi connectivity index (χ0v) is 15.2. The molecule has 3 aromatic rings. The number of ether oxygens (including phenoxy) is 1. The fourth-order valence-electron chi connectivity index (χ4n) is 2.50. The molecule has 138 valence electrons. The second-order valence-electron chi connectivity index (χ2n) is 5.67. The molecule has 0 spiro atoms. The number of benzene rings is 3. The number of halogens is 1. The van der Waals surface area contributed by atoms with Gasteiger partial charge in [-0.3, -0.25) is 9.52 Å². The molecule has 0 saturated carbocycles. The molecule has 0 heterocycles. The SMILES string of the molecule is COc1ccc(C(=O)c2ccccc2)cc1NS(=O)(=O)c1ccc(F)cc1. The maximum atomic E-state index is 13.1. The summed E-state index contributed by atoms with van der Waals surface area (Å²) in [7, 11) is -2.59. The Kier molecular flexibility index (Phi) is 5.23. The van der Waals surface area contributed by atoms with Gasteiger partial charge in [-0.15, -0.1) is 0 Å². The first-order chi connectivity index (χ1) is 12.9. The minimum absolute atomic E-state index is 0.106. The van der Waals surface area contributed by atoms with Gasteiger partial charge in [0.15, 0.2) is 5.78 Å². The number of hydrogen-bond donors (Lipinski definition) is 1. The first-order valence-corrected chi connectivity index (χ1v) is 9.45. The number of rotatable bonds is 6. The summed E-state index contributed by atoms with van der Waals surface area (Å²) in [5, 5.41) is 0. The van der Waals surface area contributed by atoms with Gasteiger partial charge in [0.05, 0.1) is 17.7 Å². The maximum absolute atomic E-state index is 13.1. The zero-order valence-electron chi connectivity index (χ0n) is 14.3. The molecule has 0 unspecified atom stereocenters. The highest BCUT2D eigenvalue weighted by Crippen LogP contribution is 2.29. The lowest BCUT2D eigenvalue weighted by Gasteiger charge is -2.13. The van der Waals surface area contributed by atoms with Crippen molar-refractivity contribution in [3.63, 3.8) is 0 Å².